The van der Waals surface area contributed by atoms with Crippen LogP contribution in [0.2, 0.25) is 0 Å². The summed E-state index contributed by atoms with van der Waals surface area (Å²) < 4.78 is 7.44. The van der Waals surface area contributed by atoms with E-state index >= 15 is 0 Å². The average Bonchev–Trinajstić information content (AvgIpc) is 3.54. The number of rotatable bonds is 7. The highest BCUT2D eigenvalue weighted by atomic mass is 16.5. The van der Waals surface area contributed by atoms with E-state index in [0.29, 0.717) is 31.1 Å². The largest absolute Gasteiger partial charge is 0.492 e. The van der Waals surface area contributed by atoms with Gasteiger partial charge >= 0.3 is 0 Å². The molecule has 164 valence electrons. The molecule has 32 heavy (non-hydrogen) atoms. The molecule has 2 amide bonds. The van der Waals surface area contributed by atoms with E-state index in [1.165, 1.54) is 23.9 Å². The maximum Gasteiger partial charge on any atom is 0.229 e. The fourth-order valence-corrected chi connectivity index (χ4v) is 4.37. The molecule has 1 fully saturated rings. The molecule has 1 aliphatic heterocycles. The van der Waals surface area contributed by atoms with Gasteiger partial charge in [0.25, 0.3) is 0 Å². The number of nitrogens with one attached hydrogen (secondary N) is 1. The Kier molecular flexibility index (Phi) is 5.58. The van der Waals surface area contributed by atoms with E-state index in [-0.39, 0.29) is 24.2 Å². The van der Waals surface area contributed by atoms with Crippen molar-refractivity contribution >= 4 is 23.2 Å². The summed E-state index contributed by atoms with van der Waals surface area (Å²) in [7, 11) is 0. The fourth-order valence-electron chi connectivity index (χ4n) is 4.37. The zero-order chi connectivity index (χ0) is 21.9. The highest BCUT2D eigenvalue weighted by molar-refractivity contribution is 6.03. The lowest BCUT2D eigenvalue weighted by Gasteiger charge is -2.18. The number of ether oxygens (including phenoxy) is 1. The second-order valence-electron chi connectivity index (χ2n) is 8.24. The van der Waals surface area contributed by atoms with Crippen molar-refractivity contribution in [2.24, 2.45) is 5.92 Å². The van der Waals surface area contributed by atoms with E-state index in [1.54, 1.807) is 22.0 Å². The van der Waals surface area contributed by atoms with E-state index in [0.717, 1.165) is 18.5 Å². The number of amides is 2. The van der Waals surface area contributed by atoms with Crippen LogP contribution < -0.4 is 15.0 Å². The van der Waals surface area contributed by atoms with Crippen LogP contribution in [0.4, 0.5) is 11.4 Å². The Morgan fingerprint density at radius 2 is 2.06 bits per heavy atom. The average molecular weight is 431 g/mol. The van der Waals surface area contributed by atoms with Gasteiger partial charge in [-0.25, -0.2) is 9.67 Å². The fraction of sp³-hybridized carbons (Fsp3) is 0.333. The lowest BCUT2D eigenvalue weighted by molar-refractivity contribution is -0.122. The van der Waals surface area contributed by atoms with Crippen LogP contribution in [0.5, 0.6) is 5.75 Å². The zero-order valence-corrected chi connectivity index (χ0v) is 17.7. The number of aromatic nitrogens is 3. The van der Waals surface area contributed by atoms with Crippen LogP contribution in [0, 0.1) is 5.92 Å². The van der Waals surface area contributed by atoms with E-state index in [4.69, 9.17) is 4.74 Å². The SMILES string of the molecule is O=C(Nc1cccc(OCCn2cncn2)c1)C1CC(=O)N(c2ccc3c(c2)CCC3)C1. The number of carbonyl (C=O) groups excluding carboxylic acids is 2. The van der Waals surface area contributed by atoms with Crippen molar-refractivity contribution in [2.45, 2.75) is 32.2 Å². The Labute approximate surface area is 186 Å². The number of benzene rings is 2. The third kappa shape index (κ3) is 4.34. The van der Waals surface area contributed by atoms with Crippen LogP contribution in [0.3, 0.4) is 0 Å². The summed E-state index contributed by atoms with van der Waals surface area (Å²) in [4.78, 5) is 31.1. The zero-order valence-electron chi connectivity index (χ0n) is 17.7. The van der Waals surface area contributed by atoms with Crippen molar-refractivity contribution in [2.75, 3.05) is 23.4 Å². The van der Waals surface area contributed by atoms with Crippen molar-refractivity contribution in [3.8, 4) is 5.75 Å². The number of hydrogen-bond acceptors (Lipinski definition) is 5. The third-order valence-electron chi connectivity index (χ3n) is 6.05. The van der Waals surface area contributed by atoms with Crippen LogP contribution in [0.15, 0.2) is 55.1 Å². The Balaban J connectivity index is 1.18. The summed E-state index contributed by atoms with van der Waals surface area (Å²) in [5.74, 6) is 0.118. The molecule has 0 bridgehead atoms. The summed E-state index contributed by atoms with van der Waals surface area (Å²) in [6.45, 7) is 1.42. The molecule has 3 aromatic rings. The molecule has 1 N–H and O–H groups in total. The first-order valence-corrected chi connectivity index (χ1v) is 10.9. The number of hydrogen-bond donors (Lipinski definition) is 1. The molecule has 2 aromatic carbocycles. The molecule has 2 aliphatic rings. The van der Waals surface area contributed by atoms with E-state index < -0.39 is 0 Å². The predicted octanol–water partition coefficient (Wildman–Crippen LogP) is 2.84. The number of nitrogens with zero attached hydrogens (tertiary/aromatic N) is 4. The van der Waals surface area contributed by atoms with Crippen LogP contribution >= 0.6 is 0 Å². The topological polar surface area (TPSA) is 89.3 Å². The van der Waals surface area contributed by atoms with Crippen molar-refractivity contribution < 1.29 is 14.3 Å². The quantitative estimate of drug-likeness (QED) is 0.621. The van der Waals surface area contributed by atoms with Crippen LogP contribution in [-0.4, -0.2) is 39.7 Å². The van der Waals surface area contributed by atoms with E-state index in [9.17, 15) is 9.59 Å². The van der Waals surface area contributed by atoms with Gasteiger partial charge in [0.2, 0.25) is 11.8 Å². The lowest BCUT2D eigenvalue weighted by Crippen LogP contribution is -2.28. The molecule has 8 nitrogen and oxygen atoms in total. The standard InChI is InChI=1S/C24H25N5O3/c30-23-12-19(14-29(23)21-8-7-17-3-1-4-18(17)11-21)24(31)27-20-5-2-6-22(13-20)32-10-9-28-16-25-15-26-28/h2,5-8,11,13,15-16,19H,1,3-4,9-10,12,14H2,(H,27,31). The highest BCUT2D eigenvalue weighted by Gasteiger charge is 2.35. The van der Waals surface area contributed by atoms with E-state index in [1.807, 2.05) is 24.3 Å². The van der Waals surface area contributed by atoms with Gasteiger partial charge in [-0.3, -0.25) is 9.59 Å². The minimum atomic E-state index is -0.382. The van der Waals surface area contributed by atoms with Gasteiger partial charge in [0.1, 0.15) is 25.0 Å². The van der Waals surface area contributed by atoms with Gasteiger partial charge in [-0.05, 0) is 54.7 Å². The molecule has 0 spiro atoms. The van der Waals surface area contributed by atoms with E-state index in [2.05, 4.69) is 27.5 Å². The Bertz CT molecular complexity index is 1130. The molecule has 5 rings (SSSR count). The smallest absolute Gasteiger partial charge is 0.229 e. The number of carbonyl (C=O) groups is 2. The maximum absolute atomic E-state index is 12.9. The summed E-state index contributed by atoms with van der Waals surface area (Å²) in [6, 6.07) is 13.5. The summed E-state index contributed by atoms with van der Waals surface area (Å²) in [6.07, 6.45) is 6.67. The first-order chi connectivity index (χ1) is 15.7. The molecule has 1 atom stereocenters. The second kappa shape index (κ2) is 8.82. The molecule has 1 aliphatic carbocycles. The summed E-state index contributed by atoms with van der Waals surface area (Å²) in [5.41, 5.74) is 4.24. The molecule has 2 heterocycles. The van der Waals surface area contributed by atoms with Gasteiger partial charge in [0, 0.05) is 30.4 Å². The molecule has 8 heteroatoms. The monoisotopic (exact) mass is 431 g/mol. The Morgan fingerprint density at radius 1 is 1.16 bits per heavy atom. The lowest BCUT2D eigenvalue weighted by atomic mass is 10.1. The molecule has 0 radical (unpaired) electrons. The molecule has 1 unspecified atom stereocenters. The van der Waals surface area contributed by atoms with Gasteiger partial charge in [-0.2, -0.15) is 5.10 Å². The first kappa shape index (κ1) is 20.2. The van der Waals surface area contributed by atoms with Gasteiger partial charge < -0.3 is 15.0 Å². The molecular formula is C24H25N5O3. The first-order valence-electron chi connectivity index (χ1n) is 10.9. The Morgan fingerprint density at radius 3 is 2.94 bits per heavy atom. The molecular weight excluding hydrogens is 406 g/mol. The highest BCUT2D eigenvalue weighted by Crippen LogP contribution is 2.31. The minimum absolute atomic E-state index is 0.00621. The van der Waals surface area contributed by atoms with Gasteiger partial charge in [0.15, 0.2) is 0 Å². The summed E-state index contributed by atoms with van der Waals surface area (Å²) >= 11 is 0. The molecule has 0 saturated carbocycles. The van der Waals surface area contributed by atoms with Crippen LogP contribution in [0.1, 0.15) is 24.0 Å². The minimum Gasteiger partial charge on any atom is -0.492 e. The van der Waals surface area contributed by atoms with Crippen molar-refractivity contribution in [1.82, 2.24) is 14.8 Å². The Hall–Kier alpha value is -3.68. The van der Waals surface area contributed by atoms with Crippen molar-refractivity contribution in [3.05, 3.63) is 66.2 Å². The summed E-state index contributed by atoms with van der Waals surface area (Å²) in [5, 5.41) is 6.97. The number of aryl methyl sites for hydroxylation is 2. The van der Waals surface area contributed by atoms with Crippen LogP contribution in [0.25, 0.3) is 0 Å². The van der Waals surface area contributed by atoms with Crippen molar-refractivity contribution in [3.63, 3.8) is 0 Å². The van der Waals surface area contributed by atoms with Crippen molar-refractivity contribution in [1.29, 1.82) is 0 Å². The number of anilines is 2. The van der Waals surface area contributed by atoms with Gasteiger partial charge in [-0.15, -0.1) is 0 Å². The third-order valence-corrected chi connectivity index (χ3v) is 6.05. The second-order valence-corrected chi connectivity index (χ2v) is 8.24. The normalized spacial score (nSPS) is 17.4. The molecule has 1 saturated heterocycles. The maximum atomic E-state index is 12.9. The van der Waals surface area contributed by atoms with Gasteiger partial charge in [0.05, 0.1) is 12.5 Å². The number of fused-ring (bicyclic) bond motifs is 1. The van der Waals surface area contributed by atoms with Gasteiger partial charge in [-0.1, -0.05) is 12.1 Å². The van der Waals surface area contributed by atoms with Crippen LogP contribution in [-0.2, 0) is 29.0 Å². The predicted molar refractivity (Wildman–Crippen MR) is 120 cm³/mol. The molecule has 1 aromatic heterocycles.